The highest BCUT2D eigenvalue weighted by atomic mass is 35.5. The van der Waals surface area contributed by atoms with Crippen molar-refractivity contribution in [3.8, 4) is 22.9 Å². The van der Waals surface area contributed by atoms with Gasteiger partial charge in [-0.2, -0.15) is 0 Å². The van der Waals surface area contributed by atoms with E-state index in [4.69, 9.17) is 32.5 Å². The van der Waals surface area contributed by atoms with E-state index in [2.05, 4.69) is 24.9 Å². The standard InChI is InChI=1S/C13H9ClN4O2.C7H9N3O2.B/c1-20-9-6-15-5-8-11(9)13(19)18-12(17-8)7-2-3-16-10(14)4-7;1-12-5-3-10-2-4(8)6(5)7(9)11;/h2-6H,1H3,(H,17,18,19);2-3H,8H2,1H3,(H2,9,11);. The first-order chi connectivity index (χ1) is 15.3. The lowest BCUT2D eigenvalue weighted by Crippen LogP contribution is -2.15. The fraction of sp³-hybridized carbons (Fsp3) is 0.100. The third-order valence-corrected chi connectivity index (χ3v) is 4.42. The highest BCUT2D eigenvalue weighted by Crippen LogP contribution is 2.23. The summed E-state index contributed by atoms with van der Waals surface area (Å²) in [5, 5.41) is 0.695. The van der Waals surface area contributed by atoms with Gasteiger partial charge in [-0.15, -0.1) is 0 Å². The molecule has 5 N–H and O–H groups in total. The number of carbonyl (C=O) groups excluding carboxylic acids is 1. The van der Waals surface area contributed by atoms with Gasteiger partial charge < -0.3 is 25.9 Å². The number of primary amides is 1. The van der Waals surface area contributed by atoms with E-state index in [1.54, 1.807) is 18.3 Å². The van der Waals surface area contributed by atoms with Crippen LogP contribution in [0.5, 0.6) is 11.5 Å². The molecule has 0 fully saturated rings. The molecule has 0 aliphatic rings. The number of nitrogens with zero attached hydrogens (tertiary/aromatic N) is 4. The van der Waals surface area contributed by atoms with Gasteiger partial charge in [0.05, 0.1) is 44.7 Å². The molecule has 1 amide bonds. The Morgan fingerprint density at radius 3 is 2.36 bits per heavy atom. The van der Waals surface area contributed by atoms with Gasteiger partial charge in [0.2, 0.25) is 0 Å². The summed E-state index contributed by atoms with van der Waals surface area (Å²) in [5.74, 6) is 0.465. The van der Waals surface area contributed by atoms with Gasteiger partial charge >= 0.3 is 0 Å². The molecule has 167 valence electrons. The molecule has 4 heterocycles. The first kappa shape index (κ1) is 25.1. The lowest BCUT2D eigenvalue weighted by atomic mass is 10.2. The number of ether oxygens (including phenoxy) is 2. The first-order valence-electron chi connectivity index (χ1n) is 8.97. The van der Waals surface area contributed by atoms with Gasteiger partial charge in [-0.25, -0.2) is 9.97 Å². The van der Waals surface area contributed by atoms with Crippen LogP contribution >= 0.6 is 11.6 Å². The summed E-state index contributed by atoms with van der Waals surface area (Å²) < 4.78 is 9.96. The second kappa shape index (κ2) is 10.9. The Morgan fingerprint density at radius 2 is 1.76 bits per heavy atom. The maximum atomic E-state index is 12.2. The zero-order chi connectivity index (χ0) is 23.3. The number of pyridine rings is 3. The summed E-state index contributed by atoms with van der Waals surface area (Å²) in [6.45, 7) is 0. The molecule has 0 spiro atoms. The third kappa shape index (κ3) is 5.55. The largest absolute Gasteiger partial charge is 0.494 e. The average Bonchev–Trinajstić information content (AvgIpc) is 2.78. The zero-order valence-electron chi connectivity index (χ0n) is 17.6. The molecule has 0 aromatic carbocycles. The molecule has 0 atom stereocenters. The smallest absolute Gasteiger partial charge is 0.262 e. The predicted molar refractivity (Wildman–Crippen MR) is 124 cm³/mol. The number of nitrogens with one attached hydrogen (secondary N) is 1. The van der Waals surface area contributed by atoms with Crippen molar-refractivity contribution < 1.29 is 14.3 Å². The maximum absolute atomic E-state index is 12.2. The number of anilines is 1. The van der Waals surface area contributed by atoms with Crippen LogP contribution in [0.3, 0.4) is 0 Å². The maximum Gasteiger partial charge on any atom is 0.262 e. The molecular formula is C20H18BClN7O4. The molecule has 0 saturated carbocycles. The molecule has 4 aromatic heterocycles. The number of aromatic amines is 1. The lowest BCUT2D eigenvalue weighted by Gasteiger charge is -2.06. The third-order valence-electron chi connectivity index (χ3n) is 4.21. The van der Waals surface area contributed by atoms with Crippen LogP contribution in [0.15, 0.2) is 47.9 Å². The summed E-state index contributed by atoms with van der Waals surface area (Å²) in [5.41, 5.74) is 11.7. The van der Waals surface area contributed by atoms with Crippen molar-refractivity contribution in [1.82, 2.24) is 24.9 Å². The molecule has 4 aromatic rings. The first-order valence-corrected chi connectivity index (χ1v) is 9.34. The van der Waals surface area contributed by atoms with Crippen LogP contribution in [-0.2, 0) is 0 Å². The van der Waals surface area contributed by atoms with Crippen LogP contribution in [0.4, 0.5) is 5.69 Å². The van der Waals surface area contributed by atoms with E-state index < -0.39 is 5.91 Å². The fourth-order valence-electron chi connectivity index (χ4n) is 2.78. The van der Waals surface area contributed by atoms with E-state index in [1.165, 1.54) is 39.0 Å². The van der Waals surface area contributed by atoms with Gasteiger partial charge in [-0.3, -0.25) is 19.6 Å². The van der Waals surface area contributed by atoms with Crippen LogP contribution < -0.4 is 26.5 Å². The molecule has 33 heavy (non-hydrogen) atoms. The Balaban J connectivity index is 0.000000257. The van der Waals surface area contributed by atoms with Crippen LogP contribution in [0.1, 0.15) is 10.4 Å². The monoisotopic (exact) mass is 466 g/mol. The lowest BCUT2D eigenvalue weighted by molar-refractivity contribution is 0.0998. The number of hydrogen-bond acceptors (Lipinski definition) is 9. The van der Waals surface area contributed by atoms with Crippen LogP contribution in [0.25, 0.3) is 22.3 Å². The molecule has 0 bridgehead atoms. The van der Waals surface area contributed by atoms with Crippen molar-refractivity contribution >= 4 is 42.5 Å². The number of halogens is 1. The van der Waals surface area contributed by atoms with Crippen LogP contribution in [0, 0.1) is 0 Å². The number of aromatic nitrogens is 5. The van der Waals surface area contributed by atoms with Crippen molar-refractivity contribution in [2.75, 3.05) is 20.0 Å². The summed E-state index contributed by atoms with van der Waals surface area (Å²) in [4.78, 5) is 41.7. The van der Waals surface area contributed by atoms with Crippen molar-refractivity contribution in [3.63, 3.8) is 0 Å². The number of methoxy groups -OCH3 is 2. The zero-order valence-corrected chi connectivity index (χ0v) is 18.3. The Kier molecular flexibility index (Phi) is 8.29. The highest BCUT2D eigenvalue weighted by Gasteiger charge is 2.12. The second-order valence-corrected chi connectivity index (χ2v) is 6.58. The van der Waals surface area contributed by atoms with Gasteiger partial charge in [-0.05, 0) is 12.1 Å². The Bertz CT molecular complexity index is 1350. The summed E-state index contributed by atoms with van der Waals surface area (Å²) in [6.07, 6.45) is 7.27. The van der Waals surface area contributed by atoms with Gasteiger partial charge in [-0.1, -0.05) is 11.6 Å². The van der Waals surface area contributed by atoms with Crippen molar-refractivity contribution in [1.29, 1.82) is 0 Å². The molecular weight excluding hydrogens is 449 g/mol. The SMILES string of the molecule is COc1cncc(N)c1C(N)=O.COc1cncc2nc(-c3ccnc(Cl)c3)[nH]c(=O)c12.[B]. The number of fused-ring (bicyclic) bond motifs is 1. The molecule has 3 radical (unpaired) electrons. The fourth-order valence-corrected chi connectivity index (χ4v) is 2.95. The van der Waals surface area contributed by atoms with E-state index in [0.29, 0.717) is 38.9 Å². The normalized spacial score (nSPS) is 9.91. The predicted octanol–water partition coefficient (Wildman–Crippen LogP) is 1.43. The number of hydrogen-bond donors (Lipinski definition) is 3. The minimum absolute atomic E-state index is 0. The highest BCUT2D eigenvalue weighted by molar-refractivity contribution is 6.29. The summed E-state index contributed by atoms with van der Waals surface area (Å²) >= 11 is 5.84. The van der Waals surface area contributed by atoms with E-state index in [-0.39, 0.29) is 25.2 Å². The molecule has 13 heteroatoms. The quantitative estimate of drug-likeness (QED) is 0.297. The molecule has 0 saturated heterocycles. The molecule has 4 rings (SSSR count). The van der Waals surface area contributed by atoms with E-state index in [0.717, 1.165) is 0 Å². The molecule has 0 unspecified atom stereocenters. The van der Waals surface area contributed by atoms with Gasteiger partial charge in [0, 0.05) is 20.2 Å². The summed E-state index contributed by atoms with van der Waals surface area (Å²) in [7, 11) is 2.90. The summed E-state index contributed by atoms with van der Waals surface area (Å²) in [6, 6.07) is 3.34. The minimum Gasteiger partial charge on any atom is -0.494 e. The van der Waals surface area contributed by atoms with E-state index in [9.17, 15) is 9.59 Å². The molecule has 11 nitrogen and oxygen atoms in total. The van der Waals surface area contributed by atoms with Gasteiger partial charge in [0.15, 0.2) is 11.5 Å². The number of carbonyl (C=O) groups is 1. The van der Waals surface area contributed by atoms with Crippen LogP contribution in [-0.4, -0.2) is 53.5 Å². The number of amides is 1. The van der Waals surface area contributed by atoms with Crippen molar-refractivity contribution in [2.45, 2.75) is 0 Å². The van der Waals surface area contributed by atoms with Gasteiger partial charge in [0.1, 0.15) is 27.4 Å². The Morgan fingerprint density at radius 1 is 1.09 bits per heavy atom. The number of nitrogens with two attached hydrogens (primary N) is 2. The van der Waals surface area contributed by atoms with Gasteiger partial charge in [0.25, 0.3) is 11.5 Å². The Labute approximate surface area is 194 Å². The van der Waals surface area contributed by atoms with E-state index >= 15 is 0 Å². The Hall–Kier alpha value is -4.19. The van der Waals surface area contributed by atoms with Crippen LogP contribution in [0.2, 0.25) is 5.15 Å². The minimum atomic E-state index is -0.619. The topological polar surface area (TPSA) is 172 Å². The molecule has 0 aliphatic carbocycles. The van der Waals surface area contributed by atoms with E-state index in [1.807, 2.05) is 0 Å². The number of nitrogen functional groups attached to an aromatic ring is 1. The second-order valence-electron chi connectivity index (χ2n) is 6.19. The number of H-pyrrole nitrogens is 1. The number of rotatable bonds is 4. The van der Waals surface area contributed by atoms with Crippen molar-refractivity contribution in [2.24, 2.45) is 5.73 Å². The van der Waals surface area contributed by atoms with Crippen molar-refractivity contribution in [3.05, 3.63) is 64.2 Å². The molecule has 0 aliphatic heterocycles. The average molecular weight is 467 g/mol.